The molecule has 0 spiro atoms. The Morgan fingerprint density at radius 1 is 0.923 bits per heavy atom. The van der Waals surface area contributed by atoms with Gasteiger partial charge in [-0.05, 0) is 57.2 Å². The first kappa shape index (κ1) is 17.6. The van der Waals surface area contributed by atoms with E-state index in [1.807, 2.05) is 0 Å². The van der Waals surface area contributed by atoms with Gasteiger partial charge in [0, 0.05) is 23.0 Å². The first-order chi connectivity index (χ1) is 12.3. The molecule has 0 fully saturated rings. The first-order valence-corrected chi connectivity index (χ1v) is 8.11. The Morgan fingerprint density at radius 3 is 2.27 bits per heavy atom. The summed E-state index contributed by atoms with van der Waals surface area (Å²) in [6, 6.07) is 11.7. The fourth-order valence-corrected chi connectivity index (χ4v) is 2.30. The summed E-state index contributed by atoms with van der Waals surface area (Å²) < 4.78 is 15.7. The van der Waals surface area contributed by atoms with E-state index in [0.29, 0.717) is 28.4 Å². The number of hydrogen-bond acceptors (Lipinski definition) is 5. The third kappa shape index (κ3) is 4.44. The van der Waals surface area contributed by atoms with Crippen LogP contribution >= 0.6 is 0 Å². The molecule has 2 N–H and O–H groups in total. The number of amides is 2. The standard InChI is InChI=1S/C19H20N2O5/c1-19(2,3)26-18(23)21-13-6-4-12(5-7-13)17(22)20-14-8-9-15-16(10-14)25-11-24-15/h4-10H,11H2,1-3H3,(H,20,22)(H,21,23). The number of carbonyl (C=O) groups excluding carboxylic acids is 2. The zero-order valence-corrected chi connectivity index (χ0v) is 14.8. The Morgan fingerprint density at radius 2 is 1.58 bits per heavy atom. The summed E-state index contributed by atoms with van der Waals surface area (Å²) in [5, 5.41) is 5.41. The highest BCUT2D eigenvalue weighted by atomic mass is 16.7. The van der Waals surface area contributed by atoms with Gasteiger partial charge in [-0.3, -0.25) is 10.1 Å². The Hall–Kier alpha value is -3.22. The Kier molecular flexibility index (Phi) is 4.71. The zero-order valence-electron chi connectivity index (χ0n) is 14.8. The van der Waals surface area contributed by atoms with E-state index in [-0.39, 0.29) is 12.7 Å². The molecule has 1 aliphatic rings. The van der Waals surface area contributed by atoms with Crippen molar-refractivity contribution in [3.8, 4) is 11.5 Å². The van der Waals surface area contributed by atoms with Crippen LogP contribution in [0.5, 0.6) is 11.5 Å². The van der Waals surface area contributed by atoms with E-state index in [0.717, 1.165) is 0 Å². The molecule has 1 aliphatic heterocycles. The highest BCUT2D eigenvalue weighted by Crippen LogP contribution is 2.34. The minimum atomic E-state index is -0.575. The minimum Gasteiger partial charge on any atom is -0.454 e. The van der Waals surface area contributed by atoms with Gasteiger partial charge in [-0.1, -0.05) is 0 Å². The lowest BCUT2D eigenvalue weighted by atomic mass is 10.2. The van der Waals surface area contributed by atoms with Gasteiger partial charge in [-0.15, -0.1) is 0 Å². The van der Waals surface area contributed by atoms with Crippen LogP contribution in [-0.2, 0) is 4.74 Å². The van der Waals surface area contributed by atoms with Gasteiger partial charge in [0.15, 0.2) is 11.5 Å². The molecule has 0 saturated carbocycles. The van der Waals surface area contributed by atoms with Gasteiger partial charge in [-0.2, -0.15) is 0 Å². The summed E-state index contributed by atoms with van der Waals surface area (Å²) in [5.41, 5.74) is 1.03. The predicted octanol–water partition coefficient (Wildman–Crippen LogP) is 4.01. The van der Waals surface area contributed by atoms with Crippen molar-refractivity contribution >= 4 is 23.4 Å². The van der Waals surface area contributed by atoms with Crippen molar-refractivity contribution in [2.24, 2.45) is 0 Å². The van der Waals surface area contributed by atoms with E-state index in [2.05, 4.69) is 10.6 Å². The Labute approximate surface area is 151 Å². The summed E-state index contributed by atoms with van der Waals surface area (Å²) >= 11 is 0. The quantitative estimate of drug-likeness (QED) is 0.868. The van der Waals surface area contributed by atoms with Gasteiger partial charge in [0.25, 0.3) is 5.91 Å². The first-order valence-electron chi connectivity index (χ1n) is 8.11. The van der Waals surface area contributed by atoms with Crippen molar-refractivity contribution in [1.29, 1.82) is 0 Å². The lowest BCUT2D eigenvalue weighted by Crippen LogP contribution is -2.27. The van der Waals surface area contributed by atoms with Crippen molar-refractivity contribution in [3.05, 3.63) is 48.0 Å². The second-order valence-corrected chi connectivity index (χ2v) is 6.73. The molecule has 2 aromatic rings. The van der Waals surface area contributed by atoms with Crippen LogP contribution in [0.2, 0.25) is 0 Å². The summed E-state index contributed by atoms with van der Waals surface area (Å²) in [6.45, 7) is 5.54. The summed E-state index contributed by atoms with van der Waals surface area (Å²) in [5.74, 6) is 0.980. The molecular formula is C19H20N2O5. The van der Waals surface area contributed by atoms with Crippen LogP contribution in [0.1, 0.15) is 31.1 Å². The Bertz CT molecular complexity index is 825. The van der Waals surface area contributed by atoms with E-state index in [1.165, 1.54) is 0 Å². The number of ether oxygens (including phenoxy) is 3. The summed E-state index contributed by atoms with van der Waals surface area (Å²) in [6.07, 6.45) is -0.546. The number of nitrogens with one attached hydrogen (secondary N) is 2. The predicted molar refractivity (Wildman–Crippen MR) is 96.8 cm³/mol. The molecule has 7 nitrogen and oxygen atoms in total. The van der Waals surface area contributed by atoms with Gasteiger partial charge in [0.2, 0.25) is 6.79 Å². The molecule has 0 saturated heterocycles. The highest BCUT2D eigenvalue weighted by molar-refractivity contribution is 6.04. The van der Waals surface area contributed by atoms with Crippen molar-refractivity contribution < 1.29 is 23.8 Å². The molecule has 0 aromatic heterocycles. The monoisotopic (exact) mass is 356 g/mol. The second-order valence-electron chi connectivity index (χ2n) is 6.73. The molecule has 0 radical (unpaired) electrons. The van der Waals surface area contributed by atoms with Gasteiger partial charge in [0.1, 0.15) is 5.60 Å². The molecule has 3 rings (SSSR count). The van der Waals surface area contributed by atoms with Crippen LogP contribution in [0.25, 0.3) is 0 Å². The SMILES string of the molecule is CC(C)(C)OC(=O)Nc1ccc(C(=O)Nc2ccc3c(c2)OCO3)cc1. The minimum absolute atomic E-state index is 0.179. The van der Waals surface area contributed by atoms with E-state index in [9.17, 15) is 9.59 Å². The van der Waals surface area contributed by atoms with Gasteiger partial charge in [-0.25, -0.2) is 4.79 Å². The summed E-state index contributed by atoms with van der Waals surface area (Å²) in [7, 11) is 0. The molecule has 1 heterocycles. The summed E-state index contributed by atoms with van der Waals surface area (Å²) in [4.78, 5) is 24.1. The third-order valence-electron chi connectivity index (χ3n) is 3.42. The third-order valence-corrected chi connectivity index (χ3v) is 3.42. The normalized spacial score (nSPS) is 12.4. The topological polar surface area (TPSA) is 85.9 Å². The van der Waals surface area contributed by atoms with Gasteiger partial charge < -0.3 is 19.5 Å². The largest absolute Gasteiger partial charge is 0.454 e. The fourth-order valence-electron chi connectivity index (χ4n) is 2.30. The maximum absolute atomic E-state index is 12.3. The van der Waals surface area contributed by atoms with Crippen LogP contribution < -0.4 is 20.1 Å². The second kappa shape index (κ2) is 6.95. The maximum Gasteiger partial charge on any atom is 0.412 e. The molecule has 0 aliphatic carbocycles. The molecule has 0 bridgehead atoms. The van der Waals surface area contributed by atoms with E-state index in [4.69, 9.17) is 14.2 Å². The number of hydrogen-bond donors (Lipinski definition) is 2. The molecule has 0 atom stereocenters. The van der Waals surface area contributed by atoms with Crippen molar-refractivity contribution in [2.45, 2.75) is 26.4 Å². The number of rotatable bonds is 3. The molecule has 7 heteroatoms. The average molecular weight is 356 g/mol. The number of anilines is 2. The number of carbonyl (C=O) groups is 2. The molecule has 2 aromatic carbocycles. The maximum atomic E-state index is 12.3. The van der Waals surface area contributed by atoms with Crippen molar-refractivity contribution in [1.82, 2.24) is 0 Å². The highest BCUT2D eigenvalue weighted by Gasteiger charge is 2.17. The zero-order chi connectivity index (χ0) is 18.7. The van der Waals surface area contributed by atoms with Gasteiger partial charge in [0.05, 0.1) is 0 Å². The lowest BCUT2D eigenvalue weighted by molar-refractivity contribution is 0.0636. The van der Waals surface area contributed by atoms with E-state index < -0.39 is 11.7 Å². The smallest absolute Gasteiger partial charge is 0.412 e. The molecule has 136 valence electrons. The van der Waals surface area contributed by atoms with Gasteiger partial charge >= 0.3 is 6.09 Å². The average Bonchev–Trinajstić information content (AvgIpc) is 3.01. The molecule has 2 amide bonds. The van der Waals surface area contributed by atoms with E-state index >= 15 is 0 Å². The fraction of sp³-hybridized carbons (Fsp3) is 0.263. The van der Waals surface area contributed by atoms with Crippen molar-refractivity contribution in [2.75, 3.05) is 17.4 Å². The number of benzene rings is 2. The van der Waals surface area contributed by atoms with Crippen LogP contribution in [0.4, 0.5) is 16.2 Å². The molecule has 0 unspecified atom stereocenters. The molecule has 26 heavy (non-hydrogen) atoms. The Balaban J connectivity index is 1.61. The molecular weight excluding hydrogens is 336 g/mol. The van der Waals surface area contributed by atoms with Crippen LogP contribution in [0.3, 0.4) is 0 Å². The van der Waals surface area contributed by atoms with Crippen LogP contribution in [0, 0.1) is 0 Å². The lowest BCUT2D eigenvalue weighted by Gasteiger charge is -2.19. The van der Waals surface area contributed by atoms with Crippen LogP contribution in [-0.4, -0.2) is 24.4 Å². The number of fused-ring (bicyclic) bond motifs is 1. The van der Waals surface area contributed by atoms with E-state index in [1.54, 1.807) is 63.2 Å². The van der Waals surface area contributed by atoms with Crippen LogP contribution in [0.15, 0.2) is 42.5 Å². The van der Waals surface area contributed by atoms with Crippen molar-refractivity contribution in [3.63, 3.8) is 0 Å².